The average Bonchev–Trinajstić information content (AvgIpc) is 2.59. The zero-order valence-electron chi connectivity index (χ0n) is 11.4. The zero-order chi connectivity index (χ0) is 14.1. The van der Waals surface area contributed by atoms with Crippen LogP contribution in [0.5, 0.6) is 0 Å². The van der Waals surface area contributed by atoms with Gasteiger partial charge in [0, 0.05) is 25.7 Å². The molecule has 1 unspecified atom stereocenters. The Morgan fingerprint density at radius 3 is 2.45 bits per heavy atom. The quantitative estimate of drug-likeness (QED) is 0.766. The summed E-state index contributed by atoms with van der Waals surface area (Å²) in [5.74, 6) is -0.377. The lowest BCUT2D eigenvalue weighted by Crippen LogP contribution is -2.44. The van der Waals surface area contributed by atoms with Gasteiger partial charge in [-0.1, -0.05) is 29.6 Å². The molecule has 2 aliphatic rings. The fourth-order valence-electron chi connectivity index (χ4n) is 3.41. The summed E-state index contributed by atoms with van der Waals surface area (Å²) in [6.45, 7) is 4.20. The molecule has 5 heteroatoms. The molecule has 1 aromatic rings. The monoisotopic (exact) mass is 316 g/mol. The summed E-state index contributed by atoms with van der Waals surface area (Å²) >= 11 is 12.4. The van der Waals surface area contributed by atoms with Crippen LogP contribution in [-0.2, 0) is 0 Å². The third kappa shape index (κ3) is 2.90. The van der Waals surface area contributed by atoms with Gasteiger partial charge in [-0.3, -0.25) is 4.90 Å². The first-order chi connectivity index (χ1) is 9.65. The van der Waals surface area contributed by atoms with E-state index in [1.54, 1.807) is 0 Å². The number of hydrogen-bond acceptors (Lipinski definition) is 2. The van der Waals surface area contributed by atoms with Gasteiger partial charge in [0.05, 0.1) is 15.7 Å². The second-order valence-electron chi connectivity index (χ2n) is 5.70. The van der Waals surface area contributed by atoms with Crippen molar-refractivity contribution in [3.63, 3.8) is 0 Å². The van der Waals surface area contributed by atoms with E-state index in [-0.39, 0.29) is 5.82 Å². The summed E-state index contributed by atoms with van der Waals surface area (Å²) in [5.41, 5.74) is 0.794. The van der Waals surface area contributed by atoms with Gasteiger partial charge in [-0.15, -0.1) is 0 Å². The normalized spacial score (nSPS) is 24.4. The Balaban J connectivity index is 1.86. The number of anilines is 1. The van der Waals surface area contributed by atoms with Gasteiger partial charge < -0.3 is 4.90 Å². The largest absolute Gasteiger partial charge is 0.368 e. The van der Waals surface area contributed by atoms with Crippen molar-refractivity contribution >= 4 is 28.9 Å². The molecule has 0 aliphatic carbocycles. The number of halogens is 3. The van der Waals surface area contributed by atoms with E-state index >= 15 is 0 Å². The Labute approximate surface area is 129 Å². The summed E-state index contributed by atoms with van der Waals surface area (Å²) in [4.78, 5) is 4.81. The standard InChI is InChI=1S/C15H19Cl2FN2/c16-13-8-11(18)9-14(17)15(13)20-7-3-6-19-5-2-1-4-12(19)10-20/h8-9,12H,1-7,10H2. The van der Waals surface area contributed by atoms with Crippen molar-refractivity contribution in [2.24, 2.45) is 0 Å². The maximum absolute atomic E-state index is 13.3. The minimum atomic E-state index is -0.377. The molecule has 1 atom stereocenters. The first-order valence-electron chi connectivity index (χ1n) is 7.28. The number of rotatable bonds is 1. The Hall–Kier alpha value is -0.510. The first-order valence-corrected chi connectivity index (χ1v) is 8.04. The molecule has 0 amide bonds. The maximum Gasteiger partial charge on any atom is 0.126 e. The molecule has 2 heterocycles. The van der Waals surface area contributed by atoms with Gasteiger partial charge >= 0.3 is 0 Å². The maximum atomic E-state index is 13.3. The summed E-state index contributed by atoms with van der Waals surface area (Å²) in [7, 11) is 0. The first kappa shape index (κ1) is 14.4. The average molecular weight is 317 g/mol. The molecule has 0 aromatic heterocycles. The molecule has 2 nitrogen and oxygen atoms in total. The van der Waals surface area contributed by atoms with Crippen molar-refractivity contribution in [2.45, 2.75) is 31.7 Å². The fourth-order valence-corrected chi connectivity index (χ4v) is 4.11. The Bertz CT molecular complexity index is 472. The number of benzene rings is 1. The Morgan fingerprint density at radius 1 is 1.00 bits per heavy atom. The Morgan fingerprint density at radius 2 is 1.70 bits per heavy atom. The highest BCUT2D eigenvalue weighted by molar-refractivity contribution is 6.39. The lowest BCUT2D eigenvalue weighted by atomic mass is 10.0. The van der Waals surface area contributed by atoms with Crippen LogP contribution in [0.2, 0.25) is 10.0 Å². The van der Waals surface area contributed by atoms with Gasteiger partial charge in [0.2, 0.25) is 0 Å². The summed E-state index contributed by atoms with van der Waals surface area (Å²) in [6, 6.07) is 3.28. The third-order valence-electron chi connectivity index (χ3n) is 4.35. The summed E-state index contributed by atoms with van der Waals surface area (Å²) < 4.78 is 13.3. The van der Waals surface area contributed by atoms with Gasteiger partial charge in [0.1, 0.15) is 5.82 Å². The molecule has 0 saturated carbocycles. The smallest absolute Gasteiger partial charge is 0.126 e. The molecule has 1 aromatic carbocycles. The van der Waals surface area contributed by atoms with Crippen LogP contribution in [0.25, 0.3) is 0 Å². The molecule has 2 fully saturated rings. The summed E-state index contributed by atoms with van der Waals surface area (Å²) in [6.07, 6.45) is 4.92. The van der Waals surface area contributed by atoms with Gasteiger partial charge in [-0.05, 0) is 37.9 Å². The molecule has 0 N–H and O–H groups in total. The van der Waals surface area contributed by atoms with Crippen molar-refractivity contribution in [1.82, 2.24) is 4.90 Å². The molecule has 0 bridgehead atoms. The van der Waals surface area contributed by atoms with E-state index in [9.17, 15) is 4.39 Å². The predicted molar refractivity (Wildman–Crippen MR) is 82.5 cm³/mol. The SMILES string of the molecule is Fc1cc(Cl)c(N2CCCN3CCCCC3C2)c(Cl)c1. The van der Waals surface area contributed by atoms with Crippen molar-refractivity contribution < 1.29 is 4.39 Å². The summed E-state index contributed by atoms with van der Waals surface area (Å²) in [5, 5.41) is 0.832. The van der Waals surface area contributed by atoms with Gasteiger partial charge in [-0.25, -0.2) is 4.39 Å². The molecular weight excluding hydrogens is 298 g/mol. The molecule has 2 saturated heterocycles. The van der Waals surface area contributed by atoms with Crippen LogP contribution in [0.15, 0.2) is 12.1 Å². The number of nitrogens with zero attached hydrogens (tertiary/aromatic N) is 2. The second kappa shape index (κ2) is 6.08. The second-order valence-corrected chi connectivity index (χ2v) is 6.52. The molecule has 0 spiro atoms. The van der Waals surface area contributed by atoms with Crippen LogP contribution >= 0.6 is 23.2 Å². The van der Waals surface area contributed by atoms with E-state index in [1.165, 1.54) is 37.9 Å². The number of hydrogen-bond donors (Lipinski definition) is 0. The van der Waals surface area contributed by atoms with Gasteiger partial charge in [0.15, 0.2) is 0 Å². The van der Waals surface area contributed by atoms with Crippen LogP contribution in [0.3, 0.4) is 0 Å². The van der Waals surface area contributed by atoms with Crippen LogP contribution in [0.4, 0.5) is 10.1 Å². The molecule has 20 heavy (non-hydrogen) atoms. The lowest BCUT2D eigenvalue weighted by molar-refractivity contribution is 0.162. The molecular formula is C15H19Cl2FN2. The Kier molecular flexibility index (Phi) is 4.39. The highest BCUT2D eigenvalue weighted by Crippen LogP contribution is 2.36. The van der Waals surface area contributed by atoms with E-state index < -0.39 is 0 Å². The predicted octanol–water partition coefficient (Wildman–Crippen LogP) is 4.20. The van der Waals surface area contributed by atoms with Crippen LogP contribution in [0.1, 0.15) is 25.7 Å². The molecule has 110 valence electrons. The fraction of sp³-hybridized carbons (Fsp3) is 0.600. The van der Waals surface area contributed by atoms with E-state index in [0.717, 1.165) is 31.7 Å². The van der Waals surface area contributed by atoms with E-state index in [2.05, 4.69) is 9.80 Å². The van der Waals surface area contributed by atoms with Crippen molar-refractivity contribution in [3.8, 4) is 0 Å². The minimum Gasteiger partial charge on any atom is -0.368 e. The highest BCUT2D eigenvalue weighted by atomic mass is 35.5. The molecule has 0 radical (unpaired) electrons. The van der Waals surface area contributed by atoms with E-state index in [4.69, 9.17) is 23.2 Å². The van der Waals surface area contributed by atoms with Gasteiger partial charge in [0.25, 0.3) is 0 Å². The molecule has 3 rings (SSSR count). The van der Waals surface area contributed by atoms with Crippen LogP contribution < -0.4 is 4.90 Å². The highest BCUT2D eigenvalue weighted by Gasteiger charge is 2.28. The lowest BCUT2D eigenvalue weighted by Gasteiger charge is -2.36. The van der Waals surface area contributed by atoms with Crippen molar-refractivity contribution in [1.29, 1.82) is 0 Å². The topological polar surface area (TPSA) is 6.48 Å². The number of fused-ring (bicyclic) bond motifs is 1. The number of piperidine rings is 1. The van der Waals surface area contributed by atoms with Crippen LogP contribution in [-0.4, -0.2) is 37.1 Å². The van der Waals surface area contributed by atoms with Crippen molar-refractivity contribution in [2.75, 3.05) is 31.1 Å². The van der Waals surface area contributed by atoms with Gasteiger partial charge in [-0.2, -0.15) is 0 Å². The van der Waals surface area contributed by atoms with Crippen LogP contribution in [0, 0.1) is 5.82 Å². The third-order valence-corrected chi connectivity index (χ3v) is 4.93. The van der Waals surface area contributed by atoms with E-state index in [1.807, 2.05) is 0 Å². The molecule has 2 aliphatic heterocycles. The zero-order valence-corrected chi connectivity index (χ0v) is 12.9. The minimum absolute atomic E-state index is 0.377. The van der Waals surface area contributed by atoms with Crippen molar-refractivity contribution in [3.05, 3.63) is 28.0 Å². The van der Waals surface area contributed by atoms with E-state index in [0.29, 0.717) is 16.1 Å².